The molecule has 8 heteroatoms. The van der Waals surface area contributed by atoms with Crippen molar-refractivity contribution in [1.82, 2.24) is 19.4 Å². The van der Waals surface area contributed by atoms with Crippen molar-refractivity contribution in [2.24, 2.45) is 7.05 Å². The van der Waals surface area contributed by atoms with E-state index in [9.17, 15) is 8.42 Å². The van der Waals surface area contributed by atoms with Gasteiger partial charge in [0.1, 0.15) is 0 Å². The SMILES string of the molecule is Cc1cc(CNC2CCN(S(=O)(=O)c3ccc(N)cc3)CC2)n(C)n1. The third-order valence-electron chi connectivity index (χ3n) is 4.64. The number of benzene rings is 1. The lowest BCUT2D eigenvalue weighted by Gasteiger charge is -2.31. The second-order valence-electron chi connectivity index (χ2n) is 6.53. The van der Waals surface area contributed by atoms with Gasteiger partial charge < -0.3 is 11.1 Å². The summed E-state index contributed by atoms with van der Waals surface area (Å²) in [5.74, 6) is 0. The topological polar surface area (TPSA) is 93.3 Å². The zero-order chi connectivity index (χ0) is 18.0. The Balaban J connectivity index is 1.56. The van der Waals surface area contributed by atoms with Gasteiger partial charge in [-0.05, 0) is 50.1 Å². The van der Waals surface area contributed by atoms with Gasteiger partial charge in [-0.2, -0.15) is 9.40 Å². The lowest BCUT2D eigenvalue weighted by molar-refractivity contribution is 0.287. The minimum atomic E-state index is -3.44. The summed E-state index contributed by atoms with van der Waals surface area (Å²) in [6.07, 6.45) is 1.59. The Labute approximate surface area is 148 Å². The van der Waals surface area contributed by atoms with Gasteiger partial charge in [0, 0.05) is 38.4 Å². The minimum absolute atomic E-state index is 0.304. The fourth-order valence-corrected chi connectivity index (χ4v) is 4.64. The number of nitrogens with two attached hydrogens (primary N) is 1. The molecule has 0 unspecified atom stereocenters. The molecule has 2 heterocycles. The van der Waals surface area contributed by atoms with E-state index in [-0.39, 0.29) is 0 Å². The van der Waals surface area contributed by atoms with E-state index in [1.54, 1.807) is 28.6 Å². The second kappa shape index (κ2) is 7.15. The van der Waals surface area contributed by atoms with Crippen LogP contribution in [0.2, 0.25) is 0 Å². The Morgan fingerprint density at radius 2 is 1.88 bits per heavy atom. The molecule has 3 rings (SSSR count). The Morgan fingerprint density at radius 3 is 2.44 bits per heavy atom. The van der Waals surface area contributed by atoms with Crippen molar-refractivity contribution in [2.45, 2.75) is 37.2 Å². The van der Waals surface area contributed by atoms with E-state index in [0.717, 1.165) is 30.8 Å². The molecular weight excluding hydrogens is 338 g/mol. The van der Waals surface area contributed by atoms with Gasteiger partial charge in [-0.1, -0.05) is 0 Å². The van der Waals surface area contributed by atoms with Gasteiger partial charge in [-0.15, -0.1) is 0 Å². The molecule has 1 aliphatic rings. The van der Waals surface area contributed by atoms with Crippen LogP contribution in [0.1, 0.15) is 24.2 Å². The maximum Gasteiger partial charge on any atom is 0.243 e. The highest BCUT2D eigenvalue weighted by molar-refractivity contribution is 7.89. The number of rotatable bonds is 5. The number of anilines is 1. The number of nitrogens with zero attached hydrogens (tertiary/aromatic N) is 3. The van der Waals surface area contributed by atoms with Crippen molar-refractivity contribution in [3.8, 4) is 0 Å². The van der Waals surface area contributed by atoms with Crippen LogP contribution in [0.15, 0.2) is 35.2 Å². The molecule has 0 bridgehead atoms. The Bertz CT molecular complexity index is 821. The molecule has 1 aromatic carbocycles. The number of nitrogen functional groups attached to an aromatic ring is 1. The maximum absolute atomic E-state index is 12.7. The zero-order valence-corrected chi connectivity index (χ0v) is 15.5. The van der Waals surface area contributed by atoms with Gasteiger partial charge in [-0.25, -0.2) is 8.42 Å². The third kappa shape index (κ3) is 4.02. The highest BCUT2D eigenvalue weighted by Gasteiger charge is 2.29. The number of hydrogen-bond donors (Lipinski definition) is 2. The molecule has 0 radical (unpaired) electrons. The molecular formula is C17H25N5O2S. The summed E-state index contributed by atoms with van der Waals surface area (Å²) in [5, 5.41) is 7.85. The van der Waals surface area contributed by atoms with Crippen molar-refractivity contribution >= 4 is 15.7 Å². The molecule has 0 spiro atoms. The summed E-state index contributed by atoms with van der Waals surface area (Å²) in [5.41, 5.74) is 8.34. The van der Waals surface area contributed by atoms with Crippen molar-refractivity contribution < 1.29 is 8.42 Å². The highest BCUT2D eigenvalue weighted by Crippen LogP contribution is 2.21. The quantitative estimate of drug-likeness (QED) is 0.780. The predicted molar refractivity (Wildman–Crippen MR) is 97.4 cm³/mol. The third-order valence-corrected chi connectivity index (χ3v) is 6.56. The first kappa shape index (κ1) is 17.9. The Morgan fingerprint density at radius 1 is 1.24 bits per heavy atom. The average Bonchev–Trinajstić information content (AvgIpc) is 2.91. The number of sulfonamides is 1. The Hall–Kier alpha value is -1.90. The van der Waals surface area contributed by atoms with Crippen molar-refractivity contribution in [2.75, 3.05) is 18.8 Å². The summed E-state index contributed by atoms with van der Waals surface area (Å²) >= 11 is 0. The van der Waals surface area contributed by atoms with Gasteiger partial charge in [0.15, 0.2) is 0 Å². The van der Waals surface area contributed by atoms with Gasteiger partial charge in [-0.3, -0.25) is 4.68 Å². The maximum atomic E-state index is 12.7. The summed E-state index contributed by atoms with van der Waals surface area (Å²) in [4.78, 5) is 0.304. The second-order valence-corrected chi connectivity index (χ2v) is 8.47. The van der Waals surface area contributed by atoms with Crippen LogP contribution in [0, 0.1) is 6.92 Å². The fourth-order valence-electron chi connectivity index (χ4n) is 3.17. The van der Waals surface area contributed by atoms with Crippen LogP contribution in [-0.2, 0) is 23.6 Å². The van der Waals surface area contributed by atoms with E-state index in [4.69, 9.17) is 5.73 Å². The van der Waals surface area contributed by atoms with Crippen LogP contribution in [0.25, 0.3) is 0 Å². The van der Waals surface area contributed by atoms with E-state index in [1.807, 2.05) is 18.7 Å². The molecule has 7 nitrogen and oxygen atoms in total. The van der Waals surface area contributed by atoms with E-state index in [2.05, 4.69) is 16.5 Å². The molecule has 1 fully saturated rings. The van der Waals surface area contributed by atoms with Crippen LogP contribution in [-0.4, -0.2) is 41.6 Å². The zero-order valence-electron chi connectivity index (χ0n) is 14.6. The summed E-state index contributed by atoms with van der Waals surface area (Å²) in [6.45, 7) is 3.76. The summed E-state index contributed by atoms with van der Waals surface area (Å²) in [6, 6.07) is 8.76. The van der Waals surface area contributed by atoms with Crippen molar-refractivity contribution in [3.63, 3.8) is 0 Å². The smallest absolute Gasteiger partial charge is 0.243 e. The molecule has 136 valence electrons. The van der Waals surface area contributed by atoms with E-state index >= 15 is 0 Å². The fraction of sp³-hybridized carbons (Fsp3) is 0.471. The van der Waals surface area contributed by atoms with E-state index < -0.39 is 10.0 Å². The molecule has 0 saturated carbocycles. The van der Waals surface area contributed by atoms with Gasteiger partial charge in [0.25, 0.3) is 0 Å². The van der Waals surface area contributed by atoms with Gasteiger partial charge in [0.2, 0.25) is 10.0 Å². The first-order valence-electron chi connectivity index (χ1n) is 8.45. The van der Waals surface area contributed by atoms with Crippen LogP contribution < -0.4 is 11.1 Å². The largest absolute Gasteiger partial charge is 0.399 e. The van der Waals surface area contributed by atoms with E-state index in [0.29, 0.717) is 29.7 Å². The normalized spacial score (nSPS) is 17.0. The predicted octanol–water partition coefficient (Wildman–Crippen LogP) is 1.25. The molecule has 0 atom stereocenters. The monoisotopic (exact) mass is 363 g/mol. The molecule has 1 saturated heterocycles. The summed E-state index contributed by atoms with van der Waals surface area (Å²) in [7, 11) is -1.50. The lowest BCUT2D eigenvalue weighted by Crippen LogP contribution is -2.44. The molecule has 3 N–H and O–H groups in total. The van der Waals surface area contributed by atoms with Crippen molar-refractivity contribution in [3.05, 3.63) is 41.7 Å². The number of aryl methyl sites for hydroxylation is 2. The first-order valence-corrected chi connectivity index (χ1v) is 9.89. The number of aromatic nitrogens is 2. The van der Waals surface area contributed by atoms with Gasteiger partial charge in [0.05, 0.1) is 16.3 Å². The van der Waals surface area contributed by atoms with E-state index in [1.165, 1.54) is 0 Å². The van der Waals surface area contributed by atoms with Crippen LogP contribution in [0.4, 0.5) is 5.69 Å². The van der Waals surface area contributed by atoms with Crippen LogP contribution >= 0.6 is 0 Å². The minimum Gasteiger partial charge on any atom is -0.399 e. The van der Waals surface area contributed by atoms with Gasteiger partial charge >= 0.3 is 0 Å². The standard InChI is InChI=1S/C17H25N5O2S/c1-13-11-16(21(2)20-13)12-19-15-7-9-22(10-8-15)25(23,24)17-5-3-14(18)4-6-17/h3-6,11,15,19H,7-10,12,18H2,1-2H3. The highest BCUT2D eigenvalue weighted by atomic mass is 32.2. The summed E-state index contributed by atoms with van der Waals surface area (Å²) < 4.78 is 28.8. The van der Waals surface area contributed by atoms with Crippen LogP contribution in [0.5, 0.6) is 0 Å². The number of nitrogens with one attached hydrogen (secondary N) is 1. The number of piperidine rings is 1. The van der Waals surface area contributed by atoms with Crippen LogP contribution in [0.3, 0.4) is 0 Å². The molecule has 0 amide bonds. The molecule has 25 heavy (non-hydrogen) atoms. The first-order chi connectivity index (χ1) is 11.9. The molecule has 2 aromatic rings. The molecule has 1 aliphatic heterocycles. The number of hydrogen-bond acceptors (Lipinski definition) is 5. The molecule has 1 aromatic heterocycles. The Kier molecular flexibility index (Phi) is 5.12. The average molecular weight is 363 g/mol. The molecule has 0 aliphatic carbocycles. The van der Waals surface area contributed by atoms with Crippen molar-refractivity contribution in [1.29, 1.82) is 0 Å². The lowest BCUT2D eigenvalue weighted by atomic mass is 10.1.